The SMILES string of the molecule is C=C(NC(=O)c1ccccc1C(C)C)C(=O)c1ccc(P)cc1.CC. The monoisotopic (exact) mass is 355 g/mol. The fourth-order valence-electron chi connectivity index (χ4n) is 2.28. The lowest BCUT2D eigenvalue weighted by Crippen LogP contribution is -2.27. The maximum absolute atomic E-state index is 12.4. The first-order valence-electron chi connectivity index (χ1n) is 8.39. The Hall–Kier alpha value is -2.25. The normalized spacial score (nSPS) is 9.84. The molecule has 2 aromatic carbocycles. The first kappa shape index (κ1) is 20.8. The highest BCUT2D eigenvalue weighted by atomic mass is 31.0. The molecule has 0 aliphatic rings. The number of rotatable bonds is 5. The lowest BCUT2D eigenvalue weighted by atomic mass is 9.96. The van der Waals surface area contributed by atoms with Crippen LogP contribution in [0.1, 0.15) is 59.9 Å². The molecule has 2 rings (SSSR count). The van der Waals surface area contributed by atoms with Crippen molar-refractivity contribution in [3.05, 3.63) is 77.5 Å². The molecule has 0 bridgehead atoms. The standard InChI is InChI=1S/C19H20NO2P.C2H6/c1-12(2)16-6-4-5-7-17(16)19(22)20-13(3)18(21)14-8-10-15(23)11-9-14;1-2/h4-12H,3,23H2,1-2H3,(H,20,22);1-2H3. The van der Waals surface area contributed by atoms with E-state index < -0.39 is 0 Å². The predicted octanol–water partition coefficient (Wildman–Crippen LogP) is 4.46. The van der Waals surface area contributed by atoms with Gasteiger partial charge < -0.3 is 5.32 Å². The van der Waals surface area contributed by atoms with E-state index in [4.69, 9.17) is 0 Å². The summed E-state index contributed by atoms with van der Waals surface area (Å²) in [4.78, 5) is 24.8. The largest absolute Gasteiger partial charge is 0.319 e. The van der Waals surface area contributed by atoms with Crippen LogP contribution < -0.4 is 10.6 Å². The van der Waals surface area contributed by atoms with Gasteiger partial charge in [-0.1, -0.05) is 76.7 Å². The Morgan fingerprint density at radius 3 is 2.12 bits per heavy atom. The van der Waals surface area contributed by atoms with E-state index >= 15 is 0 Å². The Labute approximate surface area is 152 Å². The lowest BCUT2D eigenvalue weighted by molar-refractivity contribution is 0.0932. The van der Waals surface area contributed by atoms with Crippen molar-refractivity contribution in [1.29, 1.82) is 0 Å². The summed E-state index contributed by atoms with van der Waals surface area (Å²) in [6, 6.07) is 14.4. The molecule has 2 aromatic rings. The summed E-state index contributed by atoms with van der Waals surface area (Å²) in [5.41, 5.74) is 2.08. The molecule has 132 valence electrons. The molecular weight excluding hydrogens is 329 g/mol. The summed E-state index contributed by atoms with van der Waals surface area (Å²) in [5, 5.41) is 3.60. The number of carbonyl (C=O) groups is 2. The van der Waals surface area contributed by atoms with Crippen LogP contribution in [0.3, 0.4) is 0 Å². The average molecular weight is 355 g/mol. The molecule has 1 N–H and O–H groups in total. The van der Waals surface area contributed by atoms with Gasteiger partial charge in [0.15, 0.2) is 0 Å². The zero-order valence-electron chi connectivity index (χ0n) is 15.3. The van der Waals surface area contributed by atoms with Crippen molar-refractivity contribution in [3.63, 3.8) is 0 Å². The van der Waals surface area contributed by atoms with E-state index in [-0.39, 0.29) is 23.3 Å². The minimum Gasteiger partial charge on any atom is -0.319 e. The number of Topliss-reactive ketones (excluding diaryl/α,β-unsaturated/α-hetero) is 1. The Morgan fingerprint density at radius 1 is 1.00 bits per heavy atom. The zero-order valence-corrected chi connectivity index (χ0v) is 16.5. The molecule has 0 radical (unpaired) electrons. The molecule has 0 saturated carbocycles. The van der Waals surface area contributed by atoms with Gasteiger partial charge in [-0.2, -0.15) is 0 Å². The molecule has 25 heavy (non-hydrogen) atoms. The van der Waals surface area contributed by atoms with Crippen LogP contribution in [0.25, 0.3) is 0 Å². The van der Waals surface area contributed by atoms with Gasteiger partial charge in [0.2, 0.25) is 5.78 Å². The summed E-state index contributed by atoms with van der Waals surface area (Å²) in [7, 11) is 2.56. The van der Waals surface area contributed by atoms with Gasteiger partial charge in [-0.25, -0.2) is 0 Å². The van der Waals surface area contributed by atoms with E-state index in [0.717, 1.165) is 10.9 Å². The highest BCUT2D eigenvalue weighted by molar-refractivity contribution is 7.27. The topological polar surface area (TPSA) is 46.2 Å². The first-order chi connectivity index (χ1) is 11.9. The molecule has 4 heteroatoms. The van der Waals surface area contributed by atoms with Crippen LogP contribution in [0.2, 0.25) is 0 Å². The van der Waals surface area contributed by atoms with Gasteiger partial charge in [0.05, 0.1) is 5.70 Å². The second kappa shape index (κ2) is 9.90. The maximum Gasteiger partial charge on any atom is 0.256 e. The Balaban J connectivity index is 0.00000151. The second-order valence-corrected chi connectivity index (χ2v) is 6.29. The first-order valence-corrected chi connectivity index (χ1v) is 8.97. The molecular formula is C21H26NO2P. The van der Waals surface area contributed by atoms with Gasteiger partial charge in [-0.15, -0.1) is 9.24 Å². The van der Waals surface area contributed by atoms with Crippen molar-refractivity contribution in [2.24, 2.45) is 0 Å². The van der Waals surface area contributed by atoms with Gasteiger partial charge in [0.1, 0.15) is 0 Å². The van der Waals surface area contributed by atoms with Crippen molar-refractivity contribution in [2.45, 2.75) is 33.6 Å². The fraction of sp³-hybridized carbons (Fsp3) is 0.238. The van der Waals surface area contributed by atoms with E-state index in [1.54, 1.807) is 18.2 Å². The summed E-state index contributed by atoms with van der Waals surface area (Å²) >= 11 is 0. The predicted molar refractivity (Wildman–Crippen MR) is 109 cm³/mol. The molecule has 0 spiro atoms. The van der Waals surface area contributed by atoms with Gasteiger partial charge in [0, 0.05) is 11.1 Å². The number of hydrogen-bond donors (Lipinski definition) is 1. The number of benzene rings is 2. The van der Waals surface area contributed by atoms with Crippen LogP contribution in [0.5, 0.6) is 0 Å². The average Bonchev–Trinajstić information content (AvgIpc) is 2.63. The van der Waals surface area contributed by atoms with E-state index in [2.05, 4.69) is 21.1 Å². The van der Waals surface area contributed by atoms with E-state index in [1.807, 2.05) is 58.0 Å². The molecule has 0 fully saturated rings. The highest BCUT2D eigenvalue weighted by Crippen LogP contribution is 2.19. The molecule has 0 aromatic heterocycles. The third-order valence-electron chi connectivity index (χ3n) is 3.54. The van der Waals surface area contributed by atoms with Gasteiger partial charge in [0.25, 0.3) is 5.91 Å². The van der Waals surface area contributed by atoms with Crippen molar-refractivity contribution < 1.29 is 9.59 Å². The van der Waals surface area contributed by atoms with Crippen LogP contribution >= 0.6 is 9.24 Å². The lowest BCUT2D eigenvalue weighted by Gasteiger charge is -2.13. The molecule has 3 nitrogen and oxygen atoms in total. The zero-order chi connectivity index (χ0) is 19.0. The molecule has 1 amide bonds. The van der Waals surface area contributed by atoms with Gasteiger partial charge >= 0.3 is 0 Å². The number of hydrogen-bond acceptors (Lipinski definition) is 2. The van der Waals surface area contributed by atoms with E-state index in [9.17, 15) is 9.59 Å². The third kappa shape index (κ3) is 5.65. The molecule has 0 aliphatic carbocycles. The van der Waals surface area contributed by atoms with Crippen LogP contribution in [-0.2, 0) is 0 Å². The maximum atomic E-state index is 12.4. The Morgan fingerprint density at radius 2 is 1.56 bits per heavy atom. The highest BCUT2D eigenvalue weighted by Gasteiger charge is 2.17. The summed E-state index contributed by atoms with van der Waals surface area (Å²) in [5.74, 6) is -0.379. The minimum absolute atomic E-state index is 0.0741. The van der Waals surface area contributed by atoms with Gasteiger partial charge in [-0.3, -0.25) is 9.59 Å². The Bertz CT molecular complexity index is 749. The number of allylic oxidation sites excluding steroid dienone is 1. The second-order valence-electron chi connectivity index (χ2n) is 5.63. The van der Waals surface area contributed by atoms with Crippen LogP contribution in [0, 0.1) is 0 Å². The van der Waals surface area contributed by atoms with E-state index in [0.29, 0.717) is 11.1 Å². The van der Waals surface area contributed by atoms with Crippen molar-refractivity contribution in [3.8, 4) is 0 Å². The quantitative estimate of drug-likeness (QED) is 0.489. The van der Waals surface area contributed by atoms with Crippen LogP contribution in [0.4, 0.5) is 0 Å². The van der Waals surface area contributed by atoms with Crippen LogP contribution in [-0.4, -0.2) is 11.7 Å². The number of nitrogens with one attached hydrogen (secondary N) is 1. The summed E-state index contributed by atoms with van der Waals surface area (Å²) < 4.78 is 0. The summed E-state index contributed by atoms with van der Waals surface area (Å²) in [6.07, 6.45) is 0. The third-order valence-corrected chi connectivity index (χ3v) is 3.92. The van der Waals surface area contributed by atoms with Crippen molar-refractivity contribution in [1.82, 2.24) is 5.32 Å². The fourth-order valence-corrected chi connectivity index (χ4v) is 2.47. The molecule has 0 heterocycles. The molecule has 1 atom stereocenters. The number of amides is 1. The Kier molecular flexibility index (Phi) is 8.24. The van der Waals surface area contributed by atoms with Crippen molar-refractivity contribution in [2.75, 3.05) is 0 Å². The van der Waals surface area contributed by atoms with Gasteiger partial charge in [-0.05, 0) is 22.9 Å². The van der Waals surface area contributed by atoms with Crippen LogP contribution in [0.15, 0.2) is 60.8 Å². The number of carbonyl (C=O) groups excluding carboxylic acids is 2. The molecule has 0 saturated heterocycles. The summed E-state index contributed by atoms with van der Waals surface area (Å²) in [6.45, 7) is 11.8. The minimum atomic E-state index is -0.310. The molecule has 1 unspecified atom stereocenters. The smallest absolute Gasteiger partial charge is 0.256 e. The van der Waals surface area contributed by atoms with Crippen molar-refractivity contribution >= 4 is 26.2 Å². The number of ketones is 1. The molecule has 0 aliphatic heterocycles. The van der Waals surface area contributed by atoms with E-state index in [1.165, 1.54) is 0 Å².